The van der Waals surface area contributed by atoms with E-state index < -0.39 is 0 Å². The molecular formula is C54H37N3O. The molecule has 0 saturated carbocycles. The number of hydrogen-bond acceptors (Lipinski definition) is 4. The summed E-state index contributed by atoms with van der Waals surface area (Å²) >= 11 is 0. The second kappa shape index (κ2) is 15.1. The number of aromatic nitrogens is 3. The fourth-order valence-corrected chi connectivity index (χ4v) is 7.94. The summed E-state index contributed by atoms with van der Waals surface area (Å²) in [5, 5.41) is 4.73. The first-order valence-electron chi connectivity index (χ1n) is 19.5. The van der Waals surface area contributed by atoms with Crippen LogP contribution in [0.3, 0.4) is 0 Å². The van der Waals surface area contributed by atoms with Crippen molar-refractivity contribution in [1.29, 1.82) is 0 Å². The van der Waals surface area contributed by atoms with Crippen molar-refractivity contribution in [3.8, 4) is 84.4 Å². The van der Waals surface area contributed by atoms with E-state index in [9.17, 15) is 0 Å². The van der Waals surface area contributed by atoms with E-state index in [-0.39, 0.29) is 0 Å². The Morgan fingerprint density at radius 2 is 0.776 bits per heavy atom. The summed E-state index contributed by atoms with van der Waals surface area (Å²) in [5.41, 5.74) is 11.4. The number of methoxy groups -OCH3 is 1. The van der Waals surface area contributed by atoms with Gasteiger partial charge in [0.1, 0.15) is 5.75 Å². The summed E-state index contributed by atoms with van der Waals surface area (Å²) in [6, 6.07) is 71.9. The maximum absolute atomic E-state index is 6.24. The normalized spacial score (nSPS) is 11.2. The number of para-hydroxylation sites is 1. The maximum atomic E-state index is 6.24. The zero-order valence-electron chi connectivity index (χ0n) is 31.9. The largest absolute Gasteiger partial charge is 0.495 e. The highest BCUT2D eigenvalue weighted by Crippen LogP contribution is 2.43. The Labute approximate surface area is 337 Å². The molecule has 1 aromatic heterocycles. The first-order valence-corrected chi connectivity index (χ1v) is 19.5. The summed E-state index contributed by atoms with van der Waals surface area (Å²) in [6.07, 6.45) is 0. The van der Waals surface area contributed by atoms with Gasteiger partial charge in [-0.2, -0.15) is 0 Å². The van der Waals surface area contributed by atoms with Gasteiger partial charge in [0, 0.05) is 27.8 Å². The lowest BCUT2D eigenvalue weighted by Crippen LogP contribution is -2.01. The summed E-state index contributed by atoms with van der Waals surface area (Å²) in [5.74, 6) is 2.58. The highest BCUT2D eigenvalue weighted by molar-refractivity contribution is 5.97. The second-order valence-corrected chi connectivity index (χ2v) is 14.3. The lowest BCUT2D eigenvalue weighted by Gasteiger charge is -2.17. The lowest BCUT2D eigenvalue weighted by molar-refractivity contribution is 0.418. The molecule has 0 unspecified atom stereocenters. The van der Waals surface area contributed by atoms with Gasteiger partial charge in [0.2, 0.25) is 0 Å². The minimum Gasteiger partial charge on any atom is -0.495 e. The molecule has 1 heterocycles. The van der Waals surface area contributed by atoms with Crippen LogP contribution in [0.1, 0.15) is 0 Å². The van der Waals surface area contributed by atoms with E-state index in [1.54, 1.807) is 7.11 Å². The molecule has 0 aliphatic rings. The third-order valence-corrected chi connectivity index (χ3v) is 10.9. The molecule has 0 spiro atoms. The quantitative estimate of drug-likeness (QED) is 0.155. The standard InChI is InChI=1S/C54H37N3O/c1-58-51-47(41-28-25-38(26-29-41)36-13-3-2-4-14-36)23-12-24-49(51)48-20-9-10-21-50(48)54-56-52(55-53(57-54)44-34-27-37-15-5-6-17-43(37)35-44)42-32-30-40(31-33-42)46-22-11-18-39-16-7-8-19-45(39)46/h2-35H,1H3. The highest BCUT2D eigenvalue weighted by atomic mass is 16.5. The van der Waals surface area contributed by atoms with E-state index in [1.165, 1.54) is 27.5 Å². The second-order valence-electron chi connectivity index (χ2n) is 14.3. The van der Waals surface area contributed by atoms with Gasteiger partial charge >= 0.3 is 0 Å². The van der Waals surface area contributed by atoms with E-state index in [1.807, 2.05) is 12.1 Å². The van der Waals surface area contributed by atoms with Gasteiger partial charge in [-0.3, -0.25) is 0 Å². The summed E-state index contributed by atoms with van der Waals surface area (Å²) in [6.45, 7) is 0. The van der Waals surface area contributed by atoms with Crippen LogP contribution in [0.15, 0.2) is 206 Å². The zero-order valence-corrected chi connectivity index (χ0v) is 31.9. The van der Waals surface area contributed by atoms with Crippen LogP contribution in [-0.4, -0.2) is 22.1 Å². The van der Waals surface area contributed by atoms with E-state index in [0.29, 0.717) is 17.5 Å². The molecule has 58 heavy (non-hydrogen) atoms. The first-order chi connectivity index (χ1) is 28.7. The van der Waals surface area contributed by atoms with Crippen molar-refractivity contribution >= 4 is 21.5 Å². The molecule has 10 aromatic rings. The van der Waals surface area contributed by atoms with Crippen LogP contribution in [-0.2, 0) is 0 Å². The highest BCUT2D eigenvalue weighted by Gasteiger charge is 2.20. The van der Waals surface area contributed by atoms with E-state index in [4.69, 9.17) is 19.7 Å². The van der Waals surface area contributed by atoms with Crippen LogP contribution in [0.5, 0.6) is 5.75 Å². The monoisotopic (exact) mass is 743 g/mol. The van der Waals surface area contributed by atoms with E-state index in [0.717, 1.165) is 61.0 Å². The minimum atomic E-state index is 0.585. The molecule has 0 radical (unpaired) electrons. The molecular weight excluding hydrogens is 707 g/mol. The van der Waals surface area contributed by atoms with Gasteiger partial charge in [-0.05, 0) is 61.0 Å². The van der Waals surface area contributed by atoms with Crippen molar-refractivity contribution in [3.63, 3.8) is 0 Å². The molecule has 0 aliphatic carbocycles. The van der Waals surface area contributed by atoms with Gasteiger partial charge in [-0.1, -0.05) is 200 Å². The SMILES string of the molecule is COc1c(-c2ccc(-c3ccccc3)cc2)cccc1-c1ccccc1-c1nc(-c2ccc(-c3cccc4ccccc34)cc2)nc(-c2ccc3ccccc3c2)n1. The van der Waals surface area contributed by atoms with Crippen molar-refractivity contribution < 1.29 is 4.74 Å². The third kappa shape index (κ3) is 6.57. The summed E-state index contributed by atoms with van der Waals surface area (Å²) < 4.78 is 6.24. The van der Waals surface area contributed by atoms with Crippen LogP contribution in [0.25, 0.3) is 100 Å². The molecule has 274 valence electrons. The van der Waals surface area contributed by atoms with Crippen molar-refractivity contribution in [1.82, 2.24) is 15.0 Å². The lowest BCUT2D eigenvalue weighted by atomic mass is 9.93. The number of rotatable bonds is 8. The Morgan fingerprint density at radius 3 is 1.55 bits per heavy atom. The molecule has 0 fully saturated rings. The average Bonchev–Trinajstić information content (AvgIpc) is 3.31. The molecule has 0 bridgehead atoms. The van der Waals surface area contributed by atoms with Crippen molar-refractivity contribution in [2.24, 2.45) is 0 Å². The Kier molecular flexibility index (Phi) is 9.05. The number of nitrogens with zero attached hydrogens (tertiary/aromatic N) is 3. The fourth-order valence-electron chi connectivity index (χ4n) is 7.94. The molecule has 4 heteroatoms. The first kappa shape index (κ1) is 34.8. The number of ether oxygens (including phenoxy) is 1. The molecule has 9 aromatic carbocycles. The number of fused-ring (bicyclic) bond motifs is 2. The third-order valence-electron chi connectivity index (χ3n) is 10.9. The van der Waals surface area contributed by atoms with Crippen molar-refractivity contribution in [2.75, 3.05) is 7.11 Å². The predicted molar refractivity (Wildman–Crippen MR) is 239 cm³/mol. The Hall–Kier alpha value is -7.69. The molecule has 0 amide bonds. The average molecular weight is 744 g/mol. The topological polar surface area (TPSA) is 47.9 Å². The van der Waals surface area contributed by atoms with E-state index in [2.05, 4.69) is 194 Å². The van der Waals surface area contributed by atoms with E-state index >= 15 is 0 Å². The van der Waals surface area contributed by atoms with Crippen molar-refractivity contribution in [3.05, 3.63) is 206 Å². The number of benzene rings is 9. The summed E-state index contributed by atoms with van der Waals surface area (Å²) in [7, 11) is 1.74. The van der Waals surface area contributed by atoms with Gasteiger partial charge in [-0.15, -0.1) is 0 Å². The van der Waals surface area contributed by atoms with Gasteiger partial charge < -0.3 is 4.74 Å². The van der Waals surface area contributed by atoms with Crippen LogP contribution in [0, 0.1) is 0 Å². The predicted octanol–water partition coefficient (Wildman–Crippen LogP) is 13.9. The maximum Gasteiger partial charge on any atom is 0.164 e. The van der Waals surface area contributed by atoms with Crippen LogP contribution >= 0.6 is 0 Å². The molecule has 0 atom stereocenters. The zero-order chi connectivity index (χ0) is 38.8. The molecule has 10 rings (SSSR count). The van der Waals surface area contributed by atoms with Crippen LogP contribution in [0.2, 0.25) is 0 Å². The van der Waals surface area contributed by atoms with Crippen LogP contribution < -0.4 is 4.74 Å². The molecule has 0 saturated heterocycles. The fraction of sp³-hybridized carbons (Fsp3) is 0.0185. The van der Waals surface area contributed by atoms with Gasteiger partial charge in [0.05, 0.1) is 7.11 Å². The molecule has 4 nitrogen and oxygen atoms in total. The molecule has 0 N–H and O–H groups in total. The van der Waals surface area contributed by atoms with Gasteiger partial charge in [0.15, 0.2) is 17.5 Å². The van der Waals surface area contributed by atoms with Crippen molar-refractivity contribution in [2.45, 2.75) is 0 Å². The van der Waals surface area contributed by atoms with Crippen LogP contribution in [0.4, 0.5) is 0 Å². The summed E-state index contributed by atoms with van der Waals surface area (Å²) in [4.78, 5) is 15.5. The minimum absolute atomic E-state index is 0.585. The molecule has 0 aliphatic heterocycles. The van der Waals surface area contributed by atoms with Gasteiger partial charge in [0.25, 0.3) is 0 Å². The Morgan fingerprint density at radius 1 is 0.293 bits per heavy atom. The Bertz CT molecular complexity index is 3080. The number of hydrogen-bond donors (Lipinski definition) is 0. The smallest absolute Gasteiger partial charge is 0.164 e. The Balaban J connectivity index is 1.10. The van der Waals surface area contributed by atoms with Gasteiger partial charge in [-0.25, -0.2) is 15.0 Å².